The smallest absolute Gasteiger partial charge is 0.254 e. The number of carbonyl (C=O) groups excluding carboxylic acids is 1. The van der Waals surface area contributed by atoms with Gasteiger partial charge < -0.3 is 15.2 Å². The van der Waals surface area contributed by atoms with Crippen molar-refractivity contribution in [2.24, 2.45) is 0 Å². The van der Waals surface area contributed by atoms with E-state index in [0.717, 1.165) is 28.3 Å². The third-order valence-electron chi connectivity index (χ3n) is 4.67. The zero-order valence-electron chi connectivity index (χ0n) is 15.4. The number of nitrogens with one attached hydrogen (secondary N) is 1. The van der Waals surface area contributed by atoms with Gasteiger partial charge in [0.25, 0.3) is 5.91 Å². The first-order valence-electron chi connectivity index (χ1n) is 8.96. The Hall–Kier alpha value is -3.57. The molecule has 0 aromatic heterocycles. The summed E-state index contributed by atoms with van der Waals surface area (Å²) in [5.41, 5.74) is 3.86. The summed E-state index contributed by atoms with van der Waals surface area (Å²) in [6, 6.07) is 22.2. The van der Waals surface area contributed by atoms with Crippen LogP contribution in [0.3, 0.4) is 0 Å². The molecule has 0 spiro atoms. The van der Waals surface area contributed by atoms with Gasteiger partial charge in [0.1, 0.15) is 5.75 Å². The third-order valence-corrected chi connectivity index (χ3v) is 4.67. The molecule has 3 aromatic rings. The van der Waals surface area contributed by atoms with E-state index in [1.807, 2.05) is 60.7 Å². The maximum Gasteiger partial charge on any atom is 0.254 e. The molecule has 28 heavy (non-hydrogen) atoms. The topological polar surface area (TPSA) is 61.8 Å². The Morgan fingerprint density at radius 2 is 1.61 bits per heavy atom. The van der Waals surface area contributed by atoms with Gasteiger partial charge in [-0.3, -0.25) is 9.69 Å². The fourth-order valence-corrected chi connectivity index (χ4v) is 3.29. The second kappa shape index (κ2) is 7.58. The quantitative estimate of drug-likeness (QED) is 0.679. The summed E-state index contributed by atoms with van der Waals surface area (Å²) >= 11 is 0. The molecule has 1 atom stereocenters. The first kappa shape index (κ1) is 17.8. The third kappa shape index (κ3) is 3.35. The predicted octanol–water partition coefficient (Wildman–Crippen LogP) is 4.02. The molecular formula is C23H20N2O3. The van der Waals surface area contributed by atoms with Crippen molar-refractivity contribution >= 4 is 29.4 Å². The van der Waals surface area contributed by atoms with Crippen molar-refractivity contribution in [2.45, 2.75) is 6.35 Å². The number of hydrogen-bond donors (Lipinski definition) is 2. The molecule has 1 amide bonds. The summed E-state index contributed by atoms with van der Waals surface area (Å²) in [4.78, 5) is 14.3. The Bertz CT molecular complexity index is 1030. The number of aliphatic hydroxyl groups excluding tert-OH is 1. The highest BCUT2D eigenvalue weighted by Gasteiger charge is 2.26. The average molecular weight is 372 g/mol. The molecule has 1 unspecified atom stereocenters. The van der Waals surface area contributed by atoms with Gasteiger partial charge in [0.15, 0.2) is 0 Å². The Kier molecular flexibility index (Phi) is 4.83. The van der Waals surface area contributed by atoms with E-state index in [9.17, 15) is 9.90 Å². The van der Waals surface area contributed by atoms with Crippen LogP contribution in [-0.4, -0.2) is 24.5 Å². The number of anilines is 2. The minimum atomic E-state index is -1.25. The van der Waals surface area contributed by atoms with E-state index in [2.05, 4.69) is 5.32 Å². The predicted molar refractivity (Wildman–Crippen MR) is 110 cm³/mol. The fraction of sp³-hybridized carbons (Fsp3) is 0.0870. The zero-order chi connectivity index (χ0) is 19.5. The molecular weight excluding hydrogens is 352 g/mol. The Morgan fingerprint density at radius 1 is 0.929 bits per heavy atom. The largest absolute Gasteiger partial charge is 0.497 e. The Morgan fingerprint density at radius 3 is 2.39 bits per heavy atom. The first-order chi connectivity index (χ1) is 13.7. The lowest BCUT2D eigenvalue weighted by molar-refractivity contribution is 0.0797. The van der Waals surface area contributed by atoms with Crippen LogP contribution in [0.2, 0.25) is 0 Å². The van der Waals surface area contributed by atoms with Gasteiger partial charge in [0.2, 0.25) is 6.35 Å². The van der Waals surface area contributed by atoms with Gasteiger partial charge >= 0.3 is 0 Å². The summed E-state index contributed by atoms with van der Waals surface area (Å²) in [6.45, 7) is 0. The molecule has 1 aliphatic rings. The fourth-order valence-electron chi connectivity index (χ4n) is 3.29. The molecule has 3 aromatic carbocycles. The number of rotatable bonds is 4. The van der Waals surface area contributed by atoms with E-state index >= 15 is 0 Å². The van der Waals surface area contributed by atoms with E-state index in [0.29, 0.717) is 5.56 Å². The molecule has 0 aliphatic carbocycles. The second-order valence-corrected chi connectivity index (χ2v) is 6.40. The zero-order valence-corrected chi connectivity index (χ0v) is 15.4. The van der Waals surface area contributed by atoms with E-state index in [1.165, 1.54) is 0 Å². The molecule has 2 N–H and O–H groups in total. The van der Waals surface area contributed by atoms with Crippen molar-refractivity contribution in [3.63, 3.8) is 0 Å². The van der Waals surface area contributed by atoms with Crippen LogP contribution in [0.1, 0.15) is 21.5 Å². The van der Waals surface area contributed by atoms with Crippen LogP contribution in [0, 0.1) is 0 Å². The standard InChI is InChI=1S/C23H20N2O3/c1-28-19-13-14-21-18(15-19)12-11-16-7-5-6-10-20(16)25(21)23(27)24-22(26)17-8-3-2-4-9-17/h2-15,23,27H,1H3,(H,24,26). The minimum Gasteiger partial charge on any atom is -0.497 e. The first-order valence-corrected chi connectivity index (χ1v) is 8.96. The number of carbonyl (C=O) groups is 1. The highest BCUT2D eigenvalue weighted by atomic mass is 16.5. The molecule has 0 saturated carbocycles. The van der Waals surface area contributed by atoms with Crippen molar-refractivity contribution < 1.29 is 14.6 Å². The van der Waals surface area contributed by atoms with Crippen molar-refractivity contribution in [3.8, 4) is 5.75 Å². The lowest BCUT2D eigenvalue weighted by Crippen LogP contribution is -2.46. The Balaban J connectivity index is 1.74. The van der Waals surface area contributed by atoms with Crippen molar-refractivity contribution in [1.82, 2.24) is 5.32 Å². The minimum absolute atomic E-state index is 0.349. The summed E-state index contributed by atoms with van der Waals surface area (Å²) in [7, 11) is 1.61. The molecule has 0 fully saturated rings. The molecule has 5 nitrogen and oxygen atoms in total. The molecule has 4 rings (SSSR count). The molecule has 1 heterocycles. The molecule has 1 aliphatic heterocycles. The highest BCUT2D eigenvalue weighted by molar-refractivity contribution is 5.95. The van der Waals surface area contributed by atoms with Gasteiger partial charge in [0.05, 0.1) is 18.5 Å². The second-order valence-electron chi connectivity index (χ2n) is 6.40. The Labute approximate surface area is 163 Å². The van der Waals surface area contributed by atoms with Gasteiger partial charge in [0, 0.05) is 11.1 Å². The van der Waals surface area contributed by atoms with Crippen molar-refractivity contribution in [3.05, 3.63) is 89.5 Å². The van der Waals surface area contributed by atoms with E-state index in [-0.39, 0.29) is 5.91 Å². The molecule has 0 saturated heterocycles. The monoisotopic (exact) mass is 372 g/mol. The number of hydrogen-bond acceptors (Lipinski definition) is 4. The number of benzene rings is 3. The summed E-state index contributed by atoms with van der Waals surface area (Å²) in [6.07, 6.45) is 2.71. The number of methoxy groups -OCH3 is 1. The van der Waals surface area contributed by atoms with E-state index in [4.69, 9.17) is 4.74 Å². The van der Waals surface area contributed by atoms with E-state index in [1.54, 1.807) is 36.3 Å². The van der Waals surface area contributed by atoms with Crippen LogP contribution in [0.15, 0.2) is 72.8 Å². The van der Waals surface area contributed by atoms with Crippen LogP contribution in [0.4, 0.5) is 11.4 Å². The average Bonchev–Trinajstić information content (AvgIpc) is 2.90. The van der Waals surface area contributed by atoms with Crippen LogP contribution in [0.25, 0.3) is 12.2 Å². The van der Waals surface area contributed by atoms with Crippen LogP contribution in [0.5, 0.6) is 5.75 Å². The number of ether oxygens (including phenoxy) is 1. The van der Waals surface area contributed by atoms with Gasteiger partial charge in [-0.1, -0.05) is 48.6 Å². The number of para-hydroxylation sites is 1. The van der Waals surface area contributed by atoms with Crippen LogP contribution >= 0.6 is 0 Å². The SMILES string of the molecule is COc1ccc2c(c1)C=Cc1ccccc1N2C(O)NC(=O)c1ccccc1. The maximum absolute atomic E-state index is 12.6. The lowest BCUT2D eigenvalue weighted by atomic mass is 10.1. The summed E-state index contributed by atoms with van der Waals surface area (Å²) < 4.78 is 5.33. The normalized spacial score (nSPS) is 13.1. The molecule has 5 heteroatoms. The number of nitrogens with zero attached hydrogens (tertiary/aromatic N) is 1. The van der Waals surface area contributed by atoms with Crippen molar-refractivity contribution in [1.29, 1.82) is 0 Å². The van der Waals surface area contributed by atoms with Crippen LogP contribution in [-0.2, 0) is 0 Å². The number of amides is 1. The van der Waals surface area contributed by atoms with Gasteiger partial charge in [-0.2, -0.15) is 0 Å². The maximum atomic E-state index is 12.6. The summed E-state index contributed by atoms with van der Waals surface area (Å²) in [5.74, 6) is 0.370. The molecule has 140 valence electrons. The molecule has 0 radical (unpaired) electrons. The highest BCUT2D eigenvalue weighted by Crippen LogP contribution is 2.38. The van der Waals surface area contributed by atoms with Crippen LogP contribution < -0.4 is 15.0 Å². The van der Waals surface area contributed by atoms with Gasteiger partial charge in [-0.25, -0.2) is 0 Å². The van der Waals surface area contributed by atoms with Gasteiger partial charge in [-0.15, -0.1) is 0 Å². The summed E-state index contributed by atoms with van der Waals surface area (Å²) in [5, 5.41) is 13.7. The molecule has 0 bridgehead atoms. The number of fused-ring (bicyclic) bond motifs is 2. The lowest BCUT2D eigenvalue weighted by Gasteiger charge is -2.32. The van der Waals surface area contributed by atoms with Crippen molar-refractivity contribution in [2.75, 3.05) is 12.0 Å². The number of aliphatic hydroxyl groups is 1. The van der Waals surface area contributed by atoms with Gasteiger partial charge in [-0.05, 0) is 42.0 Å². The van der Waals surface area contributed by atoms with E-state index < -0.39 is 6.35 Å².